The Bertz CT molecular complexity index is 1840. The van der Waals surface area contributed by atoms with Crippen molar-refractivity contribution in [3.63, 3.8) is 0 Å². The monoisotopic (exact) mass is 645 g/mol. The first-order valence-electron chi connectivity index (χ1n) is 15.8. The molecule has 3 heterocycles. The molecule has 0 unspecified atom stereocenters. The molecule has 2 aromatic carbocycles. The summed E-state index contributed by atoms with van der Waals surface area (Å²) in [5.41, 5.74) is 8.79. The Morgan fingerprint density at radius 3 is 2.47 bits per heavy atom. The van der Waals surface area contributed by atoms with Gasteiger partial charge in [0.15, 0.2) is 0 Å². The van der Waals surface area contributed by atoms with Crippen LogP contribution in [0.3, 0.4) is 0 Å². The van der Waals surface area contributed by atoms with Crippen LogP contribution in [-0.2, 0) is 12.7 Å². The van der Waals surface area contributed by atoms with Crippen molar-refractivity contribution < 1.29 is 23.1 Å². The first-order valence-corrected chi connectivity index (χ1v) is 15.8. The standard InChI is InChI=1S/C35H38F3N7O2/c1-22-3-8-27(42-34(47)24-5-6-25(30(18-24)35(36,37)38)19-44-15-13-43(2)14-16-44)17-23(22)4-7-26-20-45(28-9-11-29(46)12-10-28)33-31(26)32(39)40-21-41-33/h3,5-6,8,17-18,20-21,28-29,46H,9-16,19H2,1-2H3,(H,42,47)(H2,39,40,41)/t28-,29-. The van der Waals surface area contributed by atoms with Gasteiger partial charge >= 0.3 is 6.18 Å². The molecule has 0 bridgehead atoms. The third-order valence-electron chi connectivity index (χ3n) is 9.19. The minimum atomic E-state index is -4.60. The molecule has 1 saturated heterocycles. The number of aliphatic hydroxyl groups is 1. The fourth-order valence-electron chi connectivity index (χ4n) is 6.36. The molecule has 2 fully saturated rings. The molecule has 6 rings (SSSR count). The number of amides is 1. The van der Waals surface area contributed by atoms with Crippen molar-refractivity contribution in [2.75, 3.05) is 44.3 Å². The van der Waals surface area contributed by atoms with Gasteiger partial charge in [-0.1, -0.05) is 24.0 Å². The number of carbonyl (C=O) groups is 1. The van der Waals surface area contributed by atoms with Crippen molar-refractivity contribution in [1.29, 1.82) is 0 Å². The van der Waals surface area contributed by atoms with Crippen LogP contribution in [0.1, 0.15) is 69.9 Å². The molecule has 2 aromatic heterocycles. The number of benzene rings is 2. The number of alkyl halides is 3. The quantitative estimate of drug-likeness (QED) is 0.255. The summed E-state index contributed by atoms with van der Waals surface area (Å²) in [6.45, 7) is 5.02. The smallest absolute Gasteiger partial charge is 0.393 e. The Kier molecular flexibility index (Phi) is 9.23. The Morgan fingerprint density at radius 2 is 1.74 bits per heavy atom. The van der Waals surface area contributed by atoms with E-state index in [0.717, 1.165) is 37.6 Å². The summed E-state index contributed by atoms with van der Waals surface area (Å²) in [5.74, 6) is 6.06. The van der Waals surface area contributed by atoms with Gasteiger partial charge in [0.25, 0.3) is 5.91 Å². The number of likely N-dealkylation sites (N-methyl/N-ethyl adjacent to an activating group) is 1. The summed E-state index contributed by atoms with van der Waals surface area (Å²) in [6.07, 6.45) is 1.51. The van der Waals surface area contributed by atoms with Crippen molar-refractivity contribution in [2.45, 2.75) is 57.5 Å². The molecule has 47 heavy (non-hydrogen) atoms. The van der Waals surface area contributed by atoms with Crippen molar-refractivity contribution >= 4 is 28.4 Å². The van der Waals surface area contributed by atoms with E-state index in [2.05, 4.69) is 36.6 Å². The lowest BCUT2D eigenvalue weighted by Crippen LogP contribution is -2.44. The maximum Gasteiger partial charge on any atom is 0.416 e. The van der Waals surface area contributed by atoms with E-state index in [0.29, 0.717) is 59.6 Å². The van der Waals surface area contributed by atoms with Gasteiger partial charge in [0.2, 0.25) is 0 Å². The molecule has 1 aliphatic carbocycles. The number of anilines is 2. The Morgan fingerprint density at radius 1 is 1.02 bits per heavy atom. The van der Waals surface area contributed by atoms with Crippen LogP contribution in [0.15, 0.2) is 48.9 Å². The largest absolute Gasteiger partial charge is 0.416 e. The van der Waals surface area contributed by atoms with Crippen LogP contribution < -0.4 is 11.1 Å². The highest BCUT2D eigenvalue weighted by molar-refractivity contribution is 6.04. The summed E-state index contributed by atoms with van der Waals surface area (Å²) < 4.78 is 44.4. The molecule has 12 heteroatoms. The maximum atomic E-state index is 14.1. The molecule has 4 aromatic rings. The van der Waals surface area contributed by atoms with Gasteiger partial charge in [-0.2, -0.15) is 13.2 Å². The molecule has 4 N–H and O–H groups in total. The van der Waals surface area contributed by atoms with E-state index in [1.807, 2.05) is 25.1 Å². The average Bonchev–Trinajstić information content (AvgIpc) is 3.42. The number of hydrogen-bond donors (Lipinski definition) is 3. The first kappa shape index (κ1) is 32.5. The first-order chi connectivity index (χ1) is 22.5. The van der Waals surface area contributed by atoms with E-state index in [9.17, 15) is 23.1 Å². The second-order valence-corrected chi connectivity index (χ2v) is 12.6. The zero-order chi connectivity index (χ0) is 33.3. The number of halogens is 3. The summed E-state index contributed by atoms with van der Waals surface area (Å²) in [6, 6.07) is 9.14. The van der Waals surface area contributed by atoms with Gasteiger partial charge in [0.05, 0.1) is 22.6 Å². The predicted octanol–water partition coefficient (Wildman–Crippen LogP) is 5.22. The second-order valence-electron chi connectivity index (χ2n) is 12.6. The molecule has 0 radical (unpaired) electrons. The van der Waals surface area contributed by atoms with Crippen LogP contribution in [0.4, 0.5) is 24.7 Å². The van der Waals surface area contributed by atoms with E-state index in [1.165, 1.54) is 18.5 Å². The van der Waals surface area contributed by atoms with E-state index in [4.69, 9.17) is 5.73 Å². The number of rotatable bonds is 5. The number of carbonyl (C=O) groups excluding carboxylic acids is 1. The van der Waals surface area contributed by atoms with E-state index in [-0.39, 0.29) is 29.8 Å². The third-order valence-corrected chi connectivity index (χ3v) is 9.19. The number of nitrogens with one attached hydrogen (secondary N) is 1. The van der Waals surface area contributed by atoms with Crippen LogP contribution >= 0.6 is 0 Å². The number of piperazine rings is 1. The number of nitrogens with two attached hydrogens (primary N) is 1. The van der Waals surface area contributed by atoms with Crippen LogP contribution in [0.25, 0.3) is 11.0 Å². The summed E-state index contributed by atoms with van der Waals surface area (Å²) in [4.78, 5) is 26.0. The lowest BCUT2D eigenvalue weighted by atomic mass is 9.93. The molecule has 1 amide bonds. The van der Waals surface area contributed by atoms with Crippen molar-refractivity contribution in [1.82, 2.24) is 24.3 Å². The number of aromatic nitrogens is 3. The van der Waals surface area contributed by atoms with Crippen LogP contribution in [0.5, 0.6) is 0 Å². The molecule has 246 valence electrons. The number of nitrogen functional groups attached to an aromatic ring is 1. The Labute approximate surface area is 271 Å². The number of aryl methyl sites for hydroxylation is 1. The van der Waals surface area contributed by atoms with Crippen molar-refractivity contribution in [2.24, 2.45) is 0 Å². The topological polar surface area (TPSA) is 113 Å². The van der Waals surface area contributed by atoms with Crippen LogP contribution in [-0.4, -0.2) is 74.7 Å². The molecule has 0 atom stereocenters. The molecular weight excluding hydrogens is 607 g/mol. The third kappa shape index (κ3) is 7.27. The van der Waals surface area contributed by atoms with Gasteiger partial charge in [-0.25, -0.2) is 9.97 Å². The second kappa shape index (κ2) is 13.4. The van der Waals surface area contributed by atoms with Gasteiger partial charge in [-0.05, 0) is 75.0 Å². The molecule has 0 spiro atoms. The molecule has 1 aliphatic heterocycles. The highest BCUT2D eigenvalue weighted by atomic mass is 19.4. The molecule has 9 nitrogen and oxygen atoms in total. The normalized spacial score (nSPS) is 19.4. The summed E-state index contributed by atoms with van der Waals surface area (Å²) >= 11 is 0. The van der Waals surface area contributed by atoms with E-state index < -0.39 is 17.6 Å². The highest BCUT2D eigenvalue weighted by Crippen LogP contribution is 2.35. The van der Waals surface area contributed by atoms with Crippen LogP contribution in [0, 0.1) is 18.8 Å². The highest BCUT2D eigenvalue weighted by Gasteiger charge is 2.35. The van der Waals surface area contributed by atoms with Gasteiger partial charge in [0, 0.05) is 61.8 Å². The molecular formula is C35H38F3N7O2. The number of fused-ring (bicyclic) bond motifs is 1. The average molecular weight is 646 g/mol. The van der Waals surface area contributed by atoms with E-state index >= 15 is 0 Å². The van der Waals surface area contributed by atoms with E-state index in [1.54, 1.807) is 18.2 Å². The predicted molar refractivity (Wildman–Crippen MR) is 175 cm³/mol. The van der Waals surface area contributed by atoms with Crippen LogP contribution in [0.2, 0.25) is 0 Å². The molecule has 2 aliphatic rings. The number of hydrogen-bond acceptors (Lipinski definition) is 7. The van der Waals surface area contributed by atoms with Gasteiger partial charge < -0.3 is 25.6 Å². The van der Waals surface area contributed by atoms with Crippen molar-refractivity contribution in [3.05, 3.63) is 82.3 Å². The van der Waals surface area contributed by atoms with Gasteiger partial charge in [0.1, 0.15) is 17.8 Å². The maximum absolute atomic E-state index is 14.1. The summed E-state index contributed by atoms with van der Waals surface area (Å²) in [5, 5.41) is 13.4. The minimum Gasteiger partial charge on any atom is -0.393 e. The lowest BCUT2D eigenvalue weighted by Gasteiger charge is -2.33. The zero-order valence-corrected chi connectivity index (χ0v) is 26.4. The fourth-order valence-corrected chi connectivity index (χ4v) is 6.36. The number of aliphatic hydroxyl groups excluding tert-OH is 1. The Hall–Kier alpha value is -4.44. The fraction of sp³-hybridized carbons (Fsp3) is 0.400. The van der Waals surface area contributed by atoms with Gasteiger partial charge in [-0.3, -0.25) is 9.69 Å². The summed E-state index contributed by atoms with van der Waals surface area (Å²) in [7, 11) is 1.99. The zero-order valence-electron chi connectivity index (χ0n) is 26.4. The number of nitrogens with zero attached hydrogens (tertiary/aromatic N) is 5. The van der Waals surface area contributed by atoms with Crippen molar-refractivity contribution in [3.8, 4) is 11.8 Å². The minimum absolute atomic E-state index is 0.0776. The SMILES string of the molecule is Cc1ccc(NC(=O)c2ccc(CN3CCN(C)CC3)c(C(F)(F)F)c2)cc1C#Cc1cn([C@H]2CC[C@H](O)CC2)c2ncnc(N)c12. The lowest BCUT2D eigenvalue weighted by molar-refractivity contribution is -0.138. The Balaban J connectivity index is 1.23. The molecule has 1 saturated carbocycles. The van der Waals surface area contributed by atoms with Gasteiger partial charge in [-0.15, -0.1) is 0 Å².